The molecule has 2 N–H and O–H groups in total. The molecule has 0 heterocycles. The van der Waals surface area contributed by atoms with Crippen LogP contribution < -0.4 is 5.73 Å². The zero-order valence-corrected chi connectivity index (χ0v) is 13.0. The van der Waals surface area contributed by atoms with Crippen LogP contribution in [0.15, 0.2) is 0 Å². The predicted octanol–water partition coefficient (Wildman–Crippen LogP) is 1.43. The Hall–Kier alpha value is -0.103. The summed E-state index contributed by atoms with van der Waals surface area (Å²) < 4.78 is 20.6. The minimum Gasteiger partial charge on any atom is -0.331 e. The number of nitrogens with two attached hydrogens (primary N) is 1. The summed E-state index contributed by atoms with van der Waals surface area (Å²) in [4.78, 5) is 14.5. The van der Waals surface area contributed by atoms with Crippen molar-refractivity contribution in [2.75, 3.05) is 19.8 Å². The highest BCUT2D eigenvalue weighted by Gasteiger charge is 2.53. The zero-order valence-electron chi connectivity index (χ0n) is 12.0. The Labute approximate surface area is 115 Å². The average molecular weight is 299 g/mol. The lowest BCUT2D eigenvalue weighted by Crippen LogP contribution is -2.53. The molecule has 0 aliphatic carbocycles. The third-order valence-electron chi connectivity index (χ3n) is 1.71. The van der Waals surface area contributed by atoms with Gasteiger partial charge in [0.2, 0.25) is 0 Å². The Morgan fingerprint density at radius 3 is 1.58 bits per heavy atom. The fourth-order valence-corrected chi connectivity index (χ4v) is 2.50. The van der Waals surface area contributed by atoms with E-state index in [9.17, 15) is 0 Å². The van der Waals surface area contributed by atoms with Gasteiger partial charge in [0.05, 0.1) is 19.8 Å². The maximum absolute atomic E-state index is 5.79. The molecule has 0 aromatic carbocycles. The molecule has 0 aliphatic heterocycles. The highest BCUT2D eigenvalue weighted by atomic mass is 28.4. The van der Waals surface area contributed by atoms with Gasteiger partial charge in [-0.25, -0.2) is 14.7 Å². The standard InChI is InChI=1S/C10H25NO7Si/c1-5-9-10(11)15-19(16-12-6-2,17-13-7-3)18-14-8-4/h10H,5-9,11H2,1-4H3. The van der Waals surface area contributed by atoms with Gasteiger partial charge < -0.3 is 10.2 Å². The van der Waals surface area contributed by atoms with Crippen molar-refractivity contribution in [3.8, 4) is 0 Å². The normalized spacial score (nSPS) is 13.7. The first-order valence-corrected chi connectivity index (χ1v) is 8.12. The van der Waals surface area contributed by atoms with E-state index >= 15 is 0 Å². The fourth-order valence-electron chi connectivity index (χ4n) is 1.02. The Bertz CT molecular complexity index is 189. The molecule has 0 bridgehead atoms. The second-order valence-electron chi connectivity index (χ2n) is 3.41. The summed E-state index contributed by atoms with van der Waals surface area (Å²) in [5.41, 5.74) is 5.79. The zero-order chi connectivity index (χ0) is 14.6. The van der Waals surface area contributed by atoms with Gasteiger partial charge in [0, 0.05) is 0 Å². The monoisotopic (exact) mass is 299 g/mol. The fraction of sp³-hybridized carbons (Fsp3) is 1.00. The SMILES string of the molecule is CCCC(N)O[Si](OOCC)(OOCC)OOCC. The van der Waals surface area contributed by atoms with E-state index in [0.29, 0.717) is 6.42 Å². The summed E-state index contributed by atoms with van der Waals surface area (Å²) in [6.45, 7) is 8.05. The van der Waals surface area contributed by atoms with Crippen LogP contribution in [0.2, 0.25) is 0 Å². The van der Waals surface area contributed by atoms with Gasteiger partial charge in [0.1, 0.15) is 6.23 Å². The van der Waals surface area contributed by atoms with Crippen molar-refractivity contribution in [2.45, 2.75) is 46.8 Å². The number of hydrogen-bond acceptors (Lipinski definition) is 8. The molecule has 116 valence electrons. The van der Waals surface area contributed by atoms with Crippen molar-refractivity contribution in [2.24, 2.45) is 5.73 Å². The molecule has 0 saturated carbocycles. The molecule has 0 radical (unpaired) electrons. The van der Waals surface area contributed by atoms with Crippen molar-refractivity contribution in [3.05, 3.63) is 0 Å². The van der Waals surface area contributed by atoms with E-state index in [1.54, 1.807) is 20.8 Å². The first-order chi connectivity index (χ1) is 9.14. The predicted molar refractivity (Wildman–Crippen MR) is 67.9 cm³/mol. The van der Waals surface area contributed by atoms with Crippen molar-refractivity contribution in [1.29, 1.82) is 0 Å². The highest BCUT2D eigenvalue weighted by molar-refractivity contribution is 6.52. The first kappa shape index (κ1) is 18.9. The molecule has 19 heavy (non-hydrogen) atoms. The van der Waals surface area contributed by atoms with Gasteiger partial charge in [-0.2, -0.15) is 13.7 Å². The molecule has 1 unspecified atom stereocenters. The van der Waals surface area contributed by atoms with Crippen molar-refractivity contribution in [3.63, 3.8) is 0 Å². The first-order valence-electron chi connectivity index (χ1n) is 6.49. The van der Waals surface area contributed by atoms with E-state index in [1.165, 1.54) is 0 Å². The Morgan fingerprint density at radius 2 is 1.26 bits per heavy atom. The molecule has 0 aliphatic rings. The second kappa shape index (κ2) is 11.7. The van der Waals surface area contributed by atoms with Gasteiger partial charge in [0.25, 0.3) is 0 Å². The smallest absolute Gasteiger partial charge is 0.331 e. The van der Waals surface area contributed by atoms with Gasteiger partial charge in [-0.3, -0.25) is 0 Å². The maximum atomic E-state index is 5.79. The molecule has 0 fully saturated rings. The summed E-state index contributed by atoms with van der Waals surface area (Å²) in [6.07, 6.45) is 0.816. The van der Waals surface area contributed by atoms with Crippen LogP contribution in [-0.2, 0) is 32.8 Å². The quantitative estimate of drug-likeness (QED) is 0.236. The van der Waals surface area contributed by atoms with Gasteiger partial charge in [-0.1, -0.05) is 13.3 Å². The summed E-state index contributed by atoms with van der Waals surface area (Å²) >= 11 is 0. The Morgan fingerprint density at radius 1 is 0.842 bits per heavy atom. The van der Waals surface area contributed by atoms with Gasteiger partial charge in [-0.05, 0) is 27.2 Å². The minimum absolute atomic E-state index is 0.284. The molecular formula is C10H25NO7Si. The van der Waals surface area contributed by atoms with Crippen LogP contribution in [0.1, 0.15) is 40.5 Å². The molecule has 0 aromatic rings. The van der Waals surface area contributed by atoms with Crippen molar-refractivity contribution >= 4 is 9.05 Å². The average Bonchev–Trinajstić information content (AvgIpc) is 2.40. The number of hydrogen-bond donors (Lipinski definition) is 1. The lowest BCUT2D eigenvalue weighted by atomic mass is 10.3. The molecule has 1 atom stereocenters. The topological polar surface area (TPSA) is 90.6 Å². The van der Waals surface area contributed by atoms with Crippen LogP contribution in [0.4, 0.5) is 0 Å². The van der Waals surface area contributed by atoms with Gasteiger partial charge >= 0.3 is 9.05 Å². The second-order valence-corrected chi connectivity index (χ2v) is 5.15. The summed E-state index contributed by atoms with van der Waals surface area (Å²) in [7, 11) is -3.75. The van der Waals surface area contributed by atoms with Crippen LogP contribution in [0, 0.1) is 0 Å². The van der Waals surface area contributed by atoms with Gasteiger partial charge in [-0.15, -0.1) is 0 Å². The van der Waals surface area contributed by atoms with E-state index in [-0.39, 0.29) is 19.8 Å². The molecule has 0 aromatic heterocycles. The molecule has 0 rings (SSSR count). The highest BCUT2D eigenvalue weighted by Crippen LogP contribution is 2.16. The molecule has 8 nitrogen and oxygen atoms in total. The Kier molecular flexibility index (Phi) is 11.6. The van der Waals surface area contributed by atoms with E-state index in [4.69, 9.17) is 38.6 Å². The third kappa shape index (κ3) is 8.63. The van der Waals surface area contributed by atoms with E-state index < -0.39 is 15.3 Å². The van der Waals surface area contributed by atoms with Crippen LogP contribution in [0.5, 0.6) is 0 Å². The summed E-state index contributed by atoms with van der Waals surface area (Å²) in [6, 6.07) is 0. The minimum atomic E-state index is -3.75. The van der Waals surface area contributed by atoms with Crippen molar-refractivity contribution in [1.82, 2.24) is 0 Å². The molecular weight excluding hydrogens is 274 g/mol. The van der Waals surface area contributed by atoms with Gasteiger partial charge in [0.15, 0.2) is 0 Å². The van der Waals surface area contributed by atoms with Crippen LogP contribution >= 0.6 is 0 Å². The number of rotatable bonds is 13. The molecule has 0 spiro atoms. The lowest BCUT2D eigenvalue weighted by molar-refractivity contribution is -0.388. The van der Waals surface area contributed by atoms with E-state index in [0.717, 1.165) is 6.42 Å². The molecule has 0 amide bonds. The summed E-state index contributed by atoms with van der Waals surface area (Å²) in [5, 5.41) is 0. The van der Waals surface area contributed by atoms with Crippen LogP contribution in [0.3, 0.4) is 0 Å². The third-order valence-corrected chi connectivity index (χ3v) is 3.26. The maximum Gasteiger partial charge on any atom is 0.765 e. The largest absolute Gasteiger partial charge is 0.765 e. The van der Waals surface area contributed by atoms with Crippen LogP contribution in [-0.4, -0.2) is 35.1 Å². The molecule has 0 saturated heterocycles. The van der Waals surface area contributed by atoms with Crippen LogP contribution in [0.25, 0.3) is 0 Å². The summed E-state index contributed by atoms with van der Waals surface area (Å²) in [5.74, 6) is 0. The van der Waals surface area contributed by atoms with E-state index in [1.807, 2.05) is 6.92 Å². The Balaban J connectivity index is 4.65. The molecule has 9 heteroatoms. The van der Waals surface area contributed by atoms with Crippen molar-refractivity contribution < 1.29 is 32.8 Å². The lowest BCUT2D eigenvalue weighted by Gasteiger charge is -2.26. The van der Waals surface area contributed by atoms with E-state index in [2.05, 4.69) is 0 Å².